The normalized spacial score (nSPS) is 22.4. The molecule has 0 bridgehead atoms. The molecule has 0 N–H and O–H groups in total. The summed E-state index contributed by atoms with van der Waals surface area (Å²) in [4.78, 5) is 38.8. The largest absolute Gasteiger partial charge is 0.378 e. The quantitative estimate of drug-likeness (QED) is 0.315. The van der Waals surface area contributed by atoms with E-state index in [-0.39, 0.29) is 5.91 Å². The number of thiophene rings is 1. The minimum Gasteiger partial charge on any atom is -0.378 e. The maximum Gasteiger partial charge on any atom is 0.238 e. The number of morpholine rings is 1. The van der Waals surface area contributed by atoms with Crippen LogP contribution < -0.4 is 4.90 Å². The van der Waals surface area contributed by atoms with Gasteiger partial charge in [0, 0.05) is 49.6 Å². The first-order valence-electron chi connectivity index (χ1n) is 15.8. The second-order valence-corrected chi connectivity index (χ2v) is 13.4. The van der Waals surface area contributed by atoms with Crippen LogP contribution in [0.5, 0.6) is 0 Å². The fourth-order valence-electron chi connectivity index (χ4n) is 6.99. The van der Waals surface area contributed by atoms with Gasteiger partial charge in [0.05, 0.1) is 47.6 Å². The van der Waals surface area contributed by atoms with Crippen molar-refractivity contribution in [3.8, 4) is 5.95 Å². The van der Waals surface area contributed by atoms with E-state index in [1.54, 1.807) is 11.3 Å². The Bertz CT molecular complexity index is 1600. The number of piperazine rings is 1. The number of benzene rings is 1. The highest BCUT2D eigenvalue weighted by molar-refractivity contribution is 7.19. The average molecular weight is 603 g/mol. The van der Waals surface area contributed by atoms with Crippen LogP contribution in [-0.4, -0.2) is 112 Å². The molecule has 3 fully saturated rings. The minimum absolute atomic E-state index is 0.232. The van der Waals surface area contributed by atoms with Gasteiger partial charge in [-0.15, -0.1) is 11.3 Å². The summed E-state index contributed by atoms with van der Waals surface area (Å²) in [5.74, 6) is 2.78. The van der Waals surface area contributed by atoms with Crippen molar-refractivity contribution < 1.29 is 9.53 Å². The van der Waals surface area contributed by atoms with Gasteiger partial charge in [-0.25, -0.2) is 9.97 Å². The van der Waals surface area contributed by atoms with E-state index in [2.05, 4.69) is 52.4 Å². The smallest absolute Gasteiger partial charge is 0.238 e. The Morgan fingerprint density at radius 2 is 1.77 bits per heavy atom. The number of hydrogen-bond donors (Lipinski definition) is 0. The number of nitrogens with zero attached hydrogens (tertiary/aromatic N) is 8. The Balaban J connectivity index is 1.15. The first-order valence-corrected chi connectivity index (χ1v) is 16.6. The third kappa shape index (κ3) is 5.63. The van der Waals surface area contributed by atoms with E-state index >= 15 is 0 Å². The van der Waals surface area contributed by atoms with Gasteiger partial charge in [0.1, 0.15) is 5.82 Å². The van der Waals surface area contributed by atoms with Crippen molar-refractivity contribution in [1.29, 1.82) is 0 Å². The lowest BCUT2D eigenvalue weighted by Gasteiger charge is -2.42. The molecule has 0 unspecified atom stereocenters. The Morgan fingerprint density at radius 3 is 2.51 bits per heavy atom. The Labute approximate surface area is 257 Å². The summed E-state index contributed by atoms with van der Waals surface area (Å²) >= 11 is 1.72. The van der Waals surface area contributed by atoms with E-state index in [9.17, 15) is 4.79 Å². The third-order valence-corrected chi connectivity index (χ3v) is 10.6. The molecule has 7 rings (SSSR count). The minimum atomic E-state index is 0.232. The van der Waals surface area contributed by atoms with E-state index in [4.69, 9.17) is 19.7 Å². The lowest BCUT2D eigenvalue weighted by molar-refractivity contribution is -0.138. The molecule has 11 heteroatoms. The van der Waals surface area contributed by atoms with E-state index in [0.717, 1.165) is 70.4 Å². The molecule has 3 aliphatic rings. The standard InChI is InChI=1S/C32H42N8O2S/c1-4-28-33-25-7-5-6-8-27(25)40(28)32-34-26-19-24(43-30(26)31(35-32)37-15-17-42-18-16-37)20-39-14-13-38(21-29(39)41)23-11-9-22(10-12-23)36(2)3/h5-8,19,22-23H,4,9-18,20-21H2,1-3H3. The van der Waals surface area contributed by atoms with Crippen LogP contribution in [0.1, 0.15) is 43.3 Å². The number of rotatable bonds is 7. The Kier molecular flexibility index (Phi) is 8.06. The molecule has 1 aliphatic carbocycles. The number of ether oxygens (including phenoxy) is 1. The van der Waals surface area contributed by atoms with Gasteiger partial charge in [-0.2, -0.15) is 4.98 Å². The van der Waals surface area contributed by atoms with Crippen LogP contribution in [-0.2, 0) is 22.5 Å². The number of aryl methyl sites for hydroxylation is 1. The predicted octanol–water partition coefficient (Wildman–Crippen LogP) is 3.95. The van der Waals surface area contributed by atoms with Crippen molar-refractivity contribution >= 4 is 44.3 Å². The summed E-state index contributed by atoms with van der Waals surface area (Å²) in [5, 5.41) is 0. The Hall–Kier alpha value is -3.12. The molecule has 2 saturated heterocycles. The van der Waals surface area contributed by atoms with Crippen LogP contribution >= 0.6 is 11.3 Å². The van der Waals surface area contributed by atoms with Crippen molar-refractivity contribution in [2.24, 2.45) is 0 Å². The molecule has 1 saturated carbocycles. The molecule has 3 aromatic heterocycles. The summed E-state index contributed by atoms with van der Waals surface area (Å²) in [6.07, 6.45) is 5.59. The van der Waals surface area contributed by atoms with Gasteiger partial charge in [-0.1, -0.05) is 19.1 Å². The van der Waals surface area contributed by atoms with Crippen molar-refractivity contribution in [2.75, 3.05) is 64.9 Å². The molecule has 0 atom stereocenters. The summed E-state index contributed by atoms with van der Waals surface area (Å²) in [7, 11) is 4.36. The van der Waals surface area contributed by atoms with E-state index in [0.29, 0.717) is 44.3 Å². The van der Waals surface area contributed by atoms with E-state index < -0.39 is 0 Å². The monoisotopic (exact) mass is 602 g/mol. The molecule has 43 heavy (non-hydrogen) atoms. The van der Waals surface area contributed by atoms with E-state index in [1.165, 1.54) is 25.7 Å². The number of carbonyl (C=O) groups is 1. The van der Waals surface area contributed by atoms with Crippen LogP contribution in [0.15, 0.2) is 30.3 Å². The molecule has 2 aliphatic heterocycles. The lowest BCUT2D eigenvalue weighted by atomic mass is 9.89. The average Bonchev–Trinajstić information content (AvgIpc) is 3.62. The van der Waals surface area contributed by atoms with Crippen molar-refractivity contribution in [3.05, 3.63) is 41.0 Å². The lowest BCUT2D eigenvalue weighted by Crippen LogP contribution is -2.54. The molecule has 0 spiro atoms. The van der Waals surface area contributed by atoms with Gasteiger partial charge in [0.2, 0.25) is 11.9 Å². The first-order chi connectivity index (χ1) is 21.0. The number of anilines is 1. The van der Waals surface area contributed by atoms with Crippen molar-refractivity contribution in [2.45, 2.75) is 57.7 Å². The fraction of sp³-hybridized carbons (Fsp3) is 0.562. The molecule has 228 valence electrons. The highest BCUT2D eigenvalue weighted by atomic mass is 32.1. The van der Waals surface area contributed by atoms with Gasteiger partial charge in [0.25, 0.3) is 0 Å². The predicted molar refractivity (Wildman–Crippen MR) is 171 cm³/mol. The Morgan fingerprint density at radius 1 is 0.977 bits per heavy atom. The van der Waals surface area contributed by atoms with E-state index in [1.807, 2.05) is 23.1 Å². The maximum atomic E-state index is 13.4. The SMILES string of the molecule is CCc1nc2ccccc2n1-c1nc(N2CCOCC2)c2sc(CN3CCN(C4CCC(N(C)C)CC4)CC3=O)cc2n1. The third-order valence-electron chi connectivity index (χ3n) is 9.46. The number of hydrogen-bond acceptors (Lipinski definition) is 9. The summed E-state index contributed by atoms with van der Waals surface area (Å²) in [5.41, 5.74) is 2.89. The first kappa shape index (κ1) is 28.6. The maximum absolute atomic E-state index is 13.4. The van der Waals surface area contributed by atoms with Gasteiger partial charge in [-0.3, -0.25) is 14.3 Å². The summed E-state index contributed by atoms with van der Waals surface area (Å²) < 4.78 is 8.85. The number of aromatic nitrogens is 4. The number of carbonyl (C=O) groups excluding carboxylic acids is 1. The molecule has 1 aromatic carbocycles. The number of amides is 1. The molecule has 5 heterocycles. The van der Waals surface area contributed by atoms with Crippen LogP contribution in [0.4, 0.5) is 5.82 Å². The van der Waals surface area contributed by atoms with Gasteiger partial charge >= 0.3 is 0 Å². The molecular weight excluding hydrogens is 560 g/mol. The molecule has 0 radical (unpaired) electrons. The van der Waals surface area contributed by atoms with Crippen LogP contribution in [0.25, 0.3) is 27.2 Å². The molecule has 4 aromatic rings. The molecular formula is C32H42N8O2S. The van der Waals surface area contributed by atoms with Crippen molar-refractivity contribution in [1.82, 2.24) is 34.2 Å². The second kappa shape index (κ2) is 12.1. The number of para-hydroxylation sites is 2. The van der Waals surface area contributed by atoms with Crippen LogP contribution in [0, 0.1) is 0 Å². The zero-order valence-electron chi connectivity index (χ0n) is 25.5. The highest BCUT2D eigenvalue weighted by Gasteiger charge is 2.32. The second-order valence-electron chi connectivity index (χ2n) is 12.3. The van der Waals surface area contributed by atoms with Crippen LogP contribution in [0.2, 0.25) is 0 Å². The van der Waals surface area contributed by atoms with Crippen LogP contribution in [0.3, 0.4) is 0 Å². The fourth-order valence-corrected chi connectivity index (χ4v) is 8.12. The van der Waals surface area contributed by atoms with Crippen molar-refractivity contribution in [3.63, 3.8) is 0 Å². The molecule has 10 nitrogen and oxygen atoms in total. The zero-order chi connectivity index (χ0) is 29.5. The number of imidazole rings is 1. The topological polar surface area (TPSA) is 82.9 Å². The summed E-state index contributed by atoms with van der Waals surface area (Å²) in [6.45, 7) is 7.94. The van der Waals surface area contributed by atoms with Gasteiger partial charge in [-0.05, 0) is 58.0 Å². The highest BCUT2D eigenvalue weighted by Crippen LogP contribution is 2.35. The summed E-state index contributed by atoms with van der Waals surface area (Å²) in [6, 6.07) is 11.6. The number of fused-ring (bicyclic) bond motifs is 2. The zero-order valence-corrected chi connectivity index (χ0v) is 26.4. The van der Waals surface area contributed by atoms with Gasteiger partial charge < -0.3 is 19.4 Å². The molecule has 1 amide bonds. The van der Waals surface area contributed by atoms with Gasteiger partial charge in [0.15, 0.2) is 5.82 Å².